The fourth-order valence-corrected chi connectivity index (χ4v) is 2.84. The number of likely N-dealkylation sites (tertiary alicyclic amines) is 1. The van der Waals surface area contributed by atoms with Gasteiger partial charge in [-0.25, -0.2) is 0 Å². The second kappa shape index (κ2) is 7.38. The Labute approximate surface area is 112 Å². The smallest absolute Gasteiger partial charge is 0.00129 e. The first-order valence-electron chi connectivity index (χ1n) is 7.28. The normalized spacial score (nSPS) is 17.8. The van der Waals surface area contributed by atoms with Gasteiger partial charge < -0.3 is 4.90 Å². The van der Waals surface area contributed by atoms with Crippen LogP contribution in [-0.4, -0.2) is 24.5 Å². The van der Waals surface area contributed by atoms with Gasteiger partial charge in [-0.3, -0.25) is 0 Å². The number of allylic oxidation sites excluding steroid dienone is 1. The quantitative estimate of drug-likeness (QED) is 0.534. The van der Waals surface area contributed by atoms with Crippen LogP contribution in [0.4, 0.5) is 0 Å². The van der Waals surface area contributed by atoms with Gasteiger partial charge in [-0.2, -0.15) is 0 Å². The predicted octanol–water partition coefficient (Wildman–Crippen LogP) is 4.22. The summed E-state index contributed by atoms with van der Waals surface area (Å²) in [7, 11) is 0. The maximum Gasteiger partial charge on any atom is -0.00129 e. The standard InChI is InChI=1S/C17H25N/c1-2-3-4-8-13-18-14-11-17(12-15-18)16-9-6-5-7-10-16/h2,5-7,9-10,17H,1,3-4,8,11-15H2. The monoisotopic (exact) mass is 243 g/mol. The lowest BCUT2D eigenvalue weighted by Gasteiger charge is -2.32. The molecule has 0 saturated carbocycles. The Morgan fingerprint density at radius 2 is 1.83 bits per heavy atom. The Morgan fingerprint density at radius 1 is 1.11 bits per heavy atom. The van der Waals surface area contributed by atoms with Crippen LogP contribution in [0.1, 0.15) is 43.6 Å². The molecule has 1 aromatic rings. The van der Waals surface area contributed by atoms with Gasteiger partial charge in [-0.1, -0.05) is 36.4 Å². The lowest BCUT2D eigenvalue weighted by Crippen LogP contribution is -2.33. The summed E-state index contributed by atoms with van der Waals surface area (Å²) in [5, 5.41) is 0. The molecule has 0 bridgehead atoms. The number of hydrogen-bond acceptors (Lipinski definition) is 1. The largest absolute Gasteiger partial charge is 0.303 e. The van der Waals surface area contributed by atoms with Crippen molar-refractivity contribution < 1.29 is 0 Å². The Morgan fingerprint density at radius 3 is 2.50 bits per heavy atom. The van der Waals surface area contributed by atoms with Gasteiger partial charge in [0, 0.05) is 0 Å². The van der Waals surface area contributed by atoms with E-state index in [9.17, 15) is 0 Å². The topological polar surface area (TPSA) is 3.24 Å². The van der Waals surface area contributed by atoms with Gasteiger partial charge in [0.1, 0.15) is 0 Å². The van der Waals surface area contributed by atoms with Gasteiger partial charge in [0.25, 0.3) is 0 Å². The van der Waals surface area contributed by atoms with Crippen molar-refractivity contribution in [2.75, 3.05) is 19.6 Å². The van der Waals surface area contributed by atoms with E-state index in [0.717, 1.165) is 5.92 Å². The molecule has 0 aromatic heterocycles. The molecule has 0 atom stereocenters. The summed E-state index contributed by atoms with van der Waals surface area (Å²) in [6.07, 6.45) is 8.46. The number of benzene rings is 1. The molecule has 0 amide bonds. The summed E-state index contributed by atoms with van der Waals surface area (Å²) in [5.74, 6) is 0.788. The molecule has 1 heterocycles. The summed E-state index contributed by atoms with van der Waals surface area (Å²) in [6, 6.07) is 11.0. The van der Waals surface area contributed by atoms with Crippen molar-refractivity contribution in [2.24, 2.45) is 0 Å². The van der Waals surface area contributed by atoms with Crippen LogP contribution in [0.5, 0.6) is 0 Å². The van der Waals surface area contributed by atoms with Crippen LogP contribution in [0.2, 0.25) is 0 Å². The Hall–Kier alpha value is -1.08. The summed E-state index contributed by atoms with van der Waals surface area (Å²) < 4.78 is 0. The highest BCUT2D eigenvalue weighted by atomic mass is 15.1. The molecular formula is C17H25N. The van der Waals surface area contributed by atoms with Crippen LogP contribution >= 0.6 is 0 Å². The highest BCUT2D eigenvalue weighted by Crippen LogP contribution is 2.27. The molecule has 0 spiro atoms. The summed E-state index contributed by atoms with van der Waals surface area (Å²) in [4.78, 5) is 2.63. The van der Waals surface area contributed by atoms with Gasteiger partial charge in [0.2, 0.25) is 0 Å². The minimum atomic E-state index is 0.788. The van der Waals surface area contributed by atoms with E-state index in [1.54, 1.807) is 0 Å². The average molecular weight is 243 g/mol. The van der Waals surface area contributed by atoms with Crippen molar-refractivity contribution in [3.63, 3.8) is 0 Å². The third kappa shape index (κ3) is 3.99. The van der Waals surface area contributed by atoms with Crippen LogP contribution in [0.25, 0.3) is 0 Å². The molecule has 1 saturated heterocycles. The fraction of sp³-hybridized carbons (Fsp3) is 0.529. The number of rotatable bonds is 6. The maximum atomic E-state index is 3.77. The van der Waals surface area contributed by atoms with Crippen LogP contribution in [-0.2, 0) is 0 Å². The zero-order chi connectivity index (χ0) is 12.6. The maximum absolute atomic E-state index is 3.77. The zero-order valence-corrected chi connectivity index (χ0v) is 11.4. The minimum Gasteiger partial charge on any atom is -0.303 e. The Balaban J connectivity index is 1.70. The Bertz CT molecular complexity index is 336. The molecule has 1 aromatic carbocycles. The average Bonchev–Trinajstić information content (AvgIpc) is 2.45. The number of unbranched alkanes of at least 4 members (excludes halogenated alkanes) is 2. The Kier molecular flexibility index (Phi) is 5.47. The molecule has 2 rings (SSSR count). The molecule has 0 radical (unpaired) electrons. The first kappa shape index (κ1) is 13.4. The van der Waals surface area contributed by atoms with Gasteiger partial charge >= 0.3 is 0 Å². The van der Waals surface area contributed by atoms with E-state index < -0.39 is 0 Å². The molecule has 0 aliphatic carbocycles. The zero-order valence-electron chi connectivity index (χ0n) is 11.4. The van der Waals surface area contributed by atoms with E-state index in [1.807, 2.05) is 6.08 Å². The molecule has 0 N–H and O–H groups in total. The molecule has 1 fully saturated rings. The molecule has 0 unspecified atom stereocenters. The third-order valence-corrected chi connectivity index (χ3v) is 3.99. The van der Waals surface area contributed by atoms with Gasteiger partial charge in [0.05, 0.1) is 0 Å². The second-order valence-corrected chi connectivity index (χ2v) is 5.31. The van der Waals surface area contributed by atoms with E-state index in [-0.39, 0.29) is 0 Å². The highest BCUT2D eigenvalue weighted by Gasteiger charge is 2.19. The van der Waals surface area contributed by atoms with E-state index in [4.69, 9.17) is 0 Å². The first-order chi connectivity index (χ1) is 8.90. The highest BCUT2D eigenvalue weighted by molar-refractivity contribution is 5.19. The molecule has 1 nitrogen and oxygen atoms in total. The van der Waals surface area contributed by atoms with Crippen LogP contribution < -0.4 is 0 Å². The molecule has 18 heavy (non-hydrogen) atoms. The minimum absolute atomic E-state index is 0.788. The second-order valence-electron chi connectivity index (χ2n) is 5.31. The SMILES string of the molecule is C=CCCCCN1CCC(c2ccccc2)CC1. The van der Waals surface area contributed by atoms with Crippen LogP contribution in [0.15, 0.2) is 43.0 Å². The fourth-order valence-electron chi connectivity index (χ4n) is 2.84. The molecule has 98 valence electrons. The van der Waals surface area contributed by atoms with E-state index in [2.05, 4.69) is 41.8 Å². The lowest BCUT2D eigenvalue weighted by molar-refractivity contribution is 0.209. The molecule has 1 aliphatic rings. The van der Waals surface area contributed by atoms with Gasteiger partial charge in [-0.15, -0.1) is 6.58 Å². The van der Waals surface area contributed by atoms with Crippen LogP contribution in [0, 0.1) is 0 Å². The molecule has 1 heteroatoms. The number of piperidine rings is 1. The van der Waals surface area contributed by atoms with Crippen molar-refractivity contribution >= 4 is 0 Å². The van der Waals surface area contributed by atoms with E-state index >= 15 is 0 Å². The first-order valence-corrected chi connectivity index (χ1v) is 7.28. The third-order valence-electron chi connectivity index (χ3n) is 3.99. The lowest BCUT2D eigenvalue weighted by atomic mass is 9.89. The summed E-state index contributed by atoms with van der Waals surface area (Å²) in [5.41, 5.74) is 1.53. The van der Waals surface area contributed by atoms with E-state index in [1.165, 1.54) is 57.3 Å². The van der Waals surface area contributed by atoms with Gasteiger partial charge in [0.15, 0.2) is 0 Å². The molecule has 1 aliphatic heterocycles. The van der Waals surface area contributed by atoms with Crippen LogP contribution in [0.3, 0.4) is 0 Å². The van der Waals surface area contributed by atoms with Crippen molar-refractivity contribution in [3.8, 4) is 0 Å². The number of hydrogen-bond donors (Lipinski definition) is 0. The summed E-state index contributed by atoms with van der Waals surface area (Å²) >= 11 is 0. The van der Waals surface area contributed by atoms with E-state index in [0.29, 0.717) is 0 Å². The van der Waals surface area contributed by atoms with Crippen molar-refractivity contribution in [1.82, 2.24) is 4.90 Å². The molecular weight excluding hydrogens is 218 g/mol. The summed E-state index contributed by atoms with van der Waals surface area (Å²) in [6.45, 7) is 7.59. The van der Waals surface area contributed by atoms with Crippen molar-refractivity contribution in [3.05, 3.63) is 48.6 Å². The number of nitrogens with zero attached hydrogens (tertiary/aromatic N) is 1. The van der Waals surface area contributed by atoms with Crippen molar-refractivity contribution in [1.29, 1.82) is 0 Å². The van der Waals surface area contributed by atoms with Crippen molar-refractivity contribution in [2.45, 2.75) is 38.0 Å². The predicted molar refractivity (Wildman–Crippen MR) is 78.9 cm³/mol. The van der Waals surface area contributed by atoms with Gasteiger partial charge in [-0.05, 0) is 63.2 Å².